The molecule has 0 atom stereocenters. The van der Waals surface area contributed by atoms with Crippen molar-refractivity contribution in [3.8, 4) is 5.75 Å². The predicted molar refractivity (Wildman–Crippen MR) is 340 cm³/mol. The van der Waals surface area contributed by atoms with Gasteiger partial charge >= 0.3 is 24.5 Å². The molecule has 0 heterocycles. The molecule has 8 aromatic carbocycles. The van der Waals surface area contributed by atoms with Crippen LogP contribution in [0.4, 0.5) is 30.7 Å². The molecule has 0 spiro atoms. The van der Waals surface area contributed by atoms with Crippen molar-refractivity contribution >= 4 is 11.9 Å². The highest BCUT2D eigenvalue weighted by atomic mass is 19.4. The minimum absolute atomic E-state index is 0.113. The molecule has 0 aromatic heterocycles. The van der Waals surface area contributed by atoms with Gasteiger partial charge in [-0.05, 0) is 166 Å². The van der Waals surface area contributed by atoms with Crippen LogP contribution in [0.25, 0.3) is 0 Å². The minimum Gasteiger partial charge on any atom is -0.465 e. The first-order chi connectivity index (χ1) is 40.8. The van der Waals surface area contributed by atoms with Crippen molar-refractivity contribution in [1.29, 1.82) is 0 Å². The summed E-state index contributed by atoms with van der Waals surface area (Å²) in [6, 6.07) is 58.3. The largest absolute Gasteiger partial charge is 0.573 e. The van der Waals surface area contributed by atoms with Crippen molar-refractivity contribution in [3.63, 3.8) is 0 Å². The number of esters is 2. The van der Waals surface area contributed by atoms with Crippen molar-refractivity contribution in [1.82, 2.24) is 0 Å². The number of benzene rings is 8. The van der Waals surface area contributed by atoms with Crippen LogP contribution in [-0.2, 0) is 67.0 Å². The molecule has 8 aromatic rings. The molecule has 0 aliphatic rings. The molecule has 8 rings (SSSR count). The summed E-state index contributed by atoms with van der Waals surface area (Å²) >= 11 is 0. The molecule has 464 valence electrons. The Morgan fingerprint density at radius 2 is 0.744 bits per heavy atom. The fraction of sp³-hybridized carbons (Fsp3) is 0.324. The molecular weight excluding hydrogens is 1100 g/mol. The quantitative estimate of drug-likeness (QED) is 0.0954. The average molecular weight is 1190 g/mol. The van der Waals surface area contributed by atoms with Crippen LogP contribution in [0, 0.1) is 33.5 Å². The van der Waals surface area contributed by atoms with E-state index in [0.29, 0.717) is 29.2 Å². The summed E-state index contributed by atoms with van der Waals surface area (Å²) in [5.41, 5.74) is 14.5. The number of methoxy groups -OCH3 is 2. The lowest BCUT2D eigenvalue weighted by Crippen LogP contribution is -2.17. The summed E-state index contributed by atoms with van der Waals surface area (Å²) in [7, 11) is 2.77. The van der Waals surface area contributed by atoms with E-state index < -0.39 is 23.9 Å². The van der Waals surface area contributed by atoms with E-state index in [4.69, 9.17) is 0 Å². The Hall–Kier alpha value is -7.99. The Labute approximate surface area is 508 Å². The Morgan fingerprint density at radius 1 is 0.360 bits per heavy atom. The van der Waals surface area contributed by atoms with Gasteiger partial charge in [0.2, 0.25) is 0 Å². The molecule has 0 aliphatic carbocycles. The van der Waals surface area contributed by atoms with Gasteiger partial charge in [0, 0.05) is 0 Å². The second kappa shape index (κ2) is 41.9. The molecule has 86 heavy (non-hydrogen) atoms. The Bertz CT molecular complexity index is 3000. The number of aryl methyl sites for hydroxylation is 12. The third-order valence-corrected chi connectivity index (χ3v) is 13.0. The van der Waals surface area contributed by atoms with E-state index in [-0.39, 0.29) is 29.7 Å². The van der Waals surface area contributed by atoms with E-state index in [2.05, 4.69) is 181 Å². The zero-order valence-electron chi connectivity index (χ0n) is 52.7. The maximum Gasteiger partial charge on any atom is 0.573 e. The number of ether oxygens (including phenoxy) is 3. The molecule has 5 nitrogen and oxygen atoms in total. The van der Waals surface area contributed by atoms with Gasteiger partial charge in [-0.15, -0.1) is 13.2 Å². The number of rotatable bonds is 11. The Morgan fingerprint density at radius 3 is 1.10 bits per heavy atom. The molecular formula is C74H89F7O5. The molecule has 0 fully saturated rings. The number of hydrogen-bond acceptors (Lipinski definition) is 5. The molecule has 0 saturated carbocycles. The lowest BCUT2D eigenvalue weighted by Gasteiger charge is -2.11. The summed E-state index contributed by atoms with van der Waals surface area (Å²) in [6.45, 7) is 24.6. The van der Waals surface area contributed by atoms with Crippen molar-refractivity contribution < 1.29 is 54.5 Å². The van der Waals surface area contributed by atoms with Crippen LogP contribution in [0.15, 0.2) is 188 Å². The van der Waals surface area contributed by atoms with Crippen molar-refractivity contribution in [2.24, 2.45) is 0 Å². The number of hydrogen-bond donors (Lipinski definition) is 0. The van der Waals surface area contributed by atoms with Crippen LogP contribution in [-0.4, -0.2) is 32.5 Å². The van der Waals surface area contributed by atoms with Crippen LogP contribution < -0.4 is 4.74 Å². The first kappa shape index (κ1) is 76.0. The third kappa shape index (κ3) is 32.3. The Kier molecular flexibility index (Phi) is 37.1. The standard InChI is InChI=1S/2C10H12O2.C9H8F4.C9H9F3O.4C9H12/c1-3-8-4-6-9(7-5-8)10(11)12-2;1-3-8-5-4-6-9(7-8)10(11)12-2;1-2-6-3-4-7(10)5-8(6)9(11,12)13;1-2-7-5-3-4-6-8(7)13-9(10,11)12;3*1-3-9-6-4-8(2)5-7-9;1-3-9-6-4-5-8(2)7-9/h2*4-7H,3H2,1-2H3;3-5H,2H2,1H3;3-6H,2H2,1H3;4*4-7H,3H2,1-2H3. The lowest BCUT2D eigenvalue weighted by atomic mass is 10.0. The van der Waals surface area contributed by atoms with Crippen LogP contribution in [0.1, 0.15) is 148 Å². The molecule has 0 saturated heterocycles. The van der Waals surface area contributed by atoms with Crippen molar-refractivity contribution in [3.05, 3.63) is 277 Å². The summed E-state index contributed by atoms with van der Waals surface area (Å²) in [4.78, 5) is 22.1. The van der Waals surface area contributed by atoms with Gasteiger partial charge in [0.05, 0.1) is 30.9 Å². The number of carbonyl (C=O) groups excluding carboxylic acids is 2. The third-order valence-electron chi connectivity index (χ3n) is 13.0. The highest BCUT2D eigenvalue weighted by Gasteiger charge is 2.33. The molecule has 12 heteroatoms. The van der Waals surface area contributed by atoms with Gasteiger partial charge < -0.3 is 14.2 Å². The fourth-order valence-corrected chi connectivity index (χ4v) is 7.57. The van der Waals surface area contributed by atoms with Gasteiger partial charge in [0.25, 0.3) is 0 Å². The normalized spacial score (nSPS) is 10.2. The summed E-state index contributed by atoms with van der Waals surface area (Å²) in [6.07, 6.45) is -1.82. The monoisotopic (exact) mass is 1190 g/mol. The van der Waals surface area contributed by atoms with Crippen LogP contribution >= 0.6 is 0 Å². The van der Waals surface area contributed by atoms with E-state index in [9.17, 15) is 40.3 Å². The first-order valence-electron chi connectivity index (χ1n) is 29.1. The molecule has 0 unspecified atom stereocenters. The first-order valence-corrected chi connectivity index (χ1v) is 29.1. The van der Waals surface area contributed by atoms with Gasteiger partial charge in [0.15, 0.2) is 0 Å². The molecule has 0 aliphatic heterocycles. The van der Waals surface area contributed by atoms with Gasteiger partial charge in [-0.1, -0.05) is 223 Å². The second-order valence-corrected chi connectivity index (χ2v) is 19.6. The van der Waals surface area contributed by atoms with Gasteiger partial charge in [0.1, 0.15) is 11.6 Å². The van der Waals surface area contributed by atoms with Crippen molar-refractivity contribution in [2.45, 2.75) is 147 Å². The highest BCUT2D eigenvalue weighted by Crippen LogP contribution is 2.33. The van der Waals surface area contributed by atoms with E-state index in [1.165, 1.54) is 76.4 Å². The highest BCUT2D eigenvalue weighted by molar-refractivity contribution is 5.89. The number of carbonyl (C=O) groups is 2. The van der Waals surface area contributed by atoms with Crippen molar-refractivity contribution in [2.75, 3.05) is 14.2 Å². The minimum atomic E-state index is -4.61. The summed E-state index contributed by atoms with van der Waals surface area (Å²) < 4.78 is 97.8. The van der Waals surface area contributed by atoms with Crippen LogP contribution in [0.2, 0.25) is 0 Å². The maximum atomic E-state index is 12.5. The maximum absolute atomic E-state index is 12.5. The topological polar surface area (TPSA) is 61.8 Å². The molecule has 0 bridgehead atoms. The van der Waals surface area contributed by atoms with E-state index >= 15 is 0 Å². The molecule has 0 N–H and O–H groups in total. The van der Waals surface area contributed by atoms with E-state index in [1.54, 1.807) is 44.2 Å². The van der Waals surface area contributed by atoms with Crippen LogP contribution in [0.3, 0.4) is 0 Å². The predicted octanol–water partition coefficient (Wildman–Crippen LogP) is 20.9. The second-order valence-electron chi connectivity index (χ2n) is 19.6. The number of halogens is 7. The lowest BCUT2D eigenvalue weighted by molar-refractivity contribution is -0.274. The fourth-order valence-electron chi connectivity index (χ4n) is 7.57. The van der Waals surface area contributed by atoms with Crippen LogP contribution in [0.5, 0.6) is 5.75 Å². The smallest absolute Gasteiger partial charge is 0.465 e. The van der Waals surface area contributed by atoms with Gasteiger partial charge in [-0.3, -0.25) is 0 Å². The summed E-state index contributed by atoms with van der Waals surface area (Å²) in [5, 5.41) is 0. The number of para-hydroxylation sites is 1. The summed E-state index contributed by atoms with van der Waals surface area (Å²) in [5.74, 6) is -1.52. The molecule has 0 radical (unpaired) electrons. The van der Waals surface area contributed by atoms with Gasteiger partial charge in [-0.25, -0.2) is 14.0 Å². The molecule has 0 amide bonds. The number of alkyl halides is 6. The average Bonchev–Trinajstić information content (AvgIpc) is 3.61. The van der Waals surface area contributed by atoms with Gasteiger partial charge in [-0.2, -0.15) is 13.2 Å². The van der Waals surface area contributed by atoms with E-state index in [0.717, 1.165) is 56.2 Å². The zero-order chi connectivity index (χ0) is 64.7. The van der Waals surface area contributed by atoms with E-state index in [1.807, 2.05) is 30.3 Å². The zero-order valence-corrected chi connectivity index (χ0v) is 52.7. The Balaban J connectivity index is 0.000000494. The SMILES string of the molecule is CCc1ccc(C(=O)OC)cc1.CCc1ccc(C)cc1.CCc1ccc(C)cc1.CCc1ccc(C)cc1.CCc1ccc(F)cc1C(F)(F)F.CCc1cccc(C(=O)OC)c1.CCc1cccc(C)c1.CCc1ccccc1OC(F)(F)F.